The third-order valence-electron chi connectivity index (χ3n) is 4.91. The van der Waals surface area contributed by atoms with Crippen LogP contribution in [0.5, 0.6) is 5.75 Å². The van der Waals surface area contributed by atoms with Gasteiger partial charge in [-0.25, -0.2) is 4.39 Å². The number of rotatable bonds is 2. The Balaban J connectivity index is 1.64. The monoisotopic (exact) mass is 347 g/mol. The normalized spacial score (nSPS) is 23.8. The number of aliphatic hydroxyl groups excluding tert-OH is 1. The van der Waals surface area contributed by atoms with E-state index in [1.165, 1.54) is 25.0 Å². The number of hydrogen-bond acceptors (Lipinski definition) is 3. The van der Waals surface area contributed by atoms with E-state index in [4.69, 9.17) is 16.3 Å². The fraction of sp³-hybridized carbons (Fsp3) is 0.368. The molecule has 0 radical (unpaired) electrons. The first-order chi connectivity index (χ1) is 11.6. The van der Waals surface area contributed by atoms with Gasteiger partial charge >= 0.3 is 0 Å². The van der Waals surface area contributed by atoms with Crippen LogP contribution in [0.4, 0.5) is 4.39 Å². The molecule has 1 N–H and O–H groups in total. The van der Waals surface area contributed by atoms with Crippen molar-refractivity contribution in [2.75, 3.05) is 19.7 Å². The maximum atomic E-state index is 13.6. The number of halogens is 2. The van der Waals surface area contributed by atoms with Crippen LogP contribution < -0.4 is 4.74 Å². The van der Waals surface area contributed by atoms with Crippen LogP contribution >= 0.6 is 11.6 Å². The van der Waals surface area contributed by atoms with Gasteiger partial charge in [-0.15, -0.1) is 0 Å². The molecule has 126 valence electrons. The van der Waals surface area contributed by atoms with Gasteiger partial charge in [0.1, 0.15) is 24.3 Å². The Morgan fingerprint density at radius 2 is 1.88 bits per heavy atom. The molecule has 0 bridgehead atoms. The maximum Gasteiger partial charge on any atom is 0.125 e. The first kappa shape index (κ1) is 15.9. The van der Waals surface area contributed by atoms with Gasteiger partial charge in [-0.3, -0.25) is 4.90 Å². The smallest absolute Gasteiger partial charge is 0.125 e. The van der Waals surface area contributed by atoms with Crippen molar-refractivity contribution in [3.8, 4) is 16.9 Å². The molecule has 0 spiro atoms. The van der Waals surface area contributed by atoms with Gasteiger partial charge < -0.3 is 9.84 Å². The lowest BCUT2D eigenvalue weighted by Crippen LogP contribution is -2.44. The van der Waals surface area contributed by atoms with Gasteiger partial charge in [-0.2, -0.15) is 0 Å². The zero-order valence-corrected chi connectivity index (χ0v) is 14.0. The molecule has 5 heteroatoms. The third-order valence-corrected chi connectivity index (χ3v) is 5.13. The van der Waals surface area contributed by atoms with Crippen molar-refractivity contribution in [3.05, 3.63) is 52.8 Å². The molecule has 2 aromatic rings. The third kappa shape index (κ3) is 2.90. The Hall–Kier alpha value is -1.62. The van der Waals surface area contributed by atoms with E-state index in [0.717, 1.165) is 24.2 Å². The predicted molar refractivity (Wildman–Crippen MR) is 91.9 cm³/mol. The van der Waals surface area contributed by atoms with E-state index in [2.05, 4.69) is 4.90 Å². The zero-order valence-electron chi connectivity index (χ0n) is 13.2. The minimum absolute atomic E-state index is 0.00876. The molecule has 2 heterocycles. The molecule has 2 aliphatic rings. The summed E-state index contributed by atoms with van der Waals surface area (Å²) in [4.78, 5) is 2.30. The molecular formula is C19H19ClFNO2. The lowest BCUT2D eigenvalue weighted by molar-refractivity contribution is 0.0140. The summed E-state index contributed by atoms with van der Waals surface area (Å²) < 4.78 is 19.5. The second-order valence-corrected chi connectivity index (χ2v) is 6.91. The fourth-order valence-electron chi connectivity index (χ4n) is 3.66. The first-order valence-corrected chi connectivity index (χ1v) is 8.65. The van der Waals surface area contributed by atoms with Crippen LogP contribution in [-0.2, 0) is 0 Å². The number of benzene rings is 2. The second kappa shape index (κ2) is 6.36. The van der Waals surface area contributed by atoms with Gasteiger partial charge in [0.05, 0.1) is 6.04 Å². The molecule has 0 aromatic heterocycles. The maximum absolute atomic E-state index is 13.6. The molecule has 3 nitrogen and oxygen atoms in total. The molecule has 2 aliphatic heterocycles. The highest BCUT2D eigenvalue weighted by molar-refractivity contribution is 6.30. The average Bonchev–Trinajstić information content (AvgIpc) is 3.08. The quantitative estimate of drug-likeness (QED) is 0.890. The largest absolute Gasteiger partial charge is 0.491 e. The summed E-state index contributed by atoms with van der Waals surface area (Å²) in [6.45, 7) is 2.50. The summed E-state index contributed by atoms with van der Waals surface area (Å²) in [6, 6.07) is 10.1. The fourth-order valence-corrected chi connectivity index (χ4v) is 3.88. The van der Waals surface area contributed by atoms with Gasteiger partial charge in [-0.1, -0.05) is 23.7 Å². The van der Waals surface area contributed by atoms with Crippen molar-refractivity contribution in [1.29, 1.82) is 0 Å². The molecule has 24 heavy (non-hydrogen) atoms. The molecule has 0 saturated carbocycles. The van der Waals surface area contributed by atoms with Crippen molar-refractivity contribution in [2.24, 2.45) is 0 Å². The summed E-state index contributed by atoms with van der Waals surface area (Å²) in [6.07, 6.45) is 1.79. The van der Waals surface area contributed by atoms with E-state index < -0.39 is 6.10 Å². The Morgan fingerprint density at radius 1 is 1.08 bits per heavy atom. The number of ether oxygens (including phenoxy) is 1. The van der Waals surface area contributed by atoms with Gasteiger partial charge in [-0.05, 0) is 61.3 Å². The topological polar surface area (TPSA) is 32.7 Å². The Morgan fingerprint density at radius 3 is 2.62 bits per heavy atom. The van der Waals surface area contributed by atoms with Gasteiger partial charge in [0.2, 0.25) is 0 Å². The SMILES string of the molecule is O[C@@H]1c2ccc(-c3cc(F)cc(Cl)c3)cc2OC[C@H]1N1CCCC1. The van der Waals surface area contributed by atoms with E-state index >= 15 is 0 Å². The van der Waals surface area contributed by atoms with Crippen LogP contribution in [0.15, 0.2) is 36.4 Å². The molecule has 2 aromatic carbocycles. The highest BCUT2D eigenvalue weighted by atomic mass is 35.5. The van der Waals surface area contributed by atoms with Gasteiger partial charge in [0, 0.05) is 10.6 Å². The van der Waals surface area contributed by atoms with Crippen molar-refractivity contribution in [3.63, 3.8) is 0 Å². The van der Waals surface area contributed by atoms with Crippen LogP contribution in [0.2, 0.25) is 5.02 Å². The molecule has 0 amide bonds. The van der Waals surface area contributed by atoms with E-state index in [0.29, 0.717) is 22.9 Å². The first-order valence-electron chi connectivity index (χ1n) is 8.27. The molecule has 2 atom stereocenters. The predicted octanol–water partition coefficient (Wildman–Crippen LogP) is 4.04. The Bertz CT molecular complexity index is 741. The lowest BCUT2D eigenvalue weighted by atomic mass is 9.95. The van der Waals surface area contributed by atoms with Crippen LogP contribution in [0.3, 0.4) is 0 Å². The van der Waals surface area contributed by atoms with E-state index in [9.17, 15) is 9.50 Å². The van der Waals surface area contributed by atoms with Crippen LogP contribution in [0.1, 0.15) is 24.5 Å². The molecule has 1 fully saturated rings. The van der Waals surface area contributed by atoms with E-state index in [1.54, 1.807) is 6.07 Å². The number of nitrogens with zero attached hydrogens (tertiary/aromatic N) is 1. The van der Waals surface area contributed by atoms with E-state index in [-0.39, 0.29) is 11.9 Å². The molecule has 0 unspecified atom stereocenters. The minimum Gasteiger partial charge on any atom is -0.491 e. The highest BCUT2D eigenvalue weighted by Gasteiger charge is 2.34. The van der Waals surface area contributed by atoms with Crippen LogP contribution in [-0.4, -0.2) is 35.7 Å². The van der Waals surface area contributed by atoms with Crippen molar-refractivity contribution >= 4 is 11.6 Å². The van der Waals surface area contributed by atoms with Crippen molar-refractivity contribution < 1.29 is 14.2 Å². The van der Waals surface area contributed by atoms with Gasteiger partial charge in [0.15, 0.2) is 0 Å². The van der Waals surface area contributed by atoms with Gasteiger partial charge in [0.25, 0.3) is 0 Å². The van der Waals surface area contributed by atoms with Crippen LogP contribution in [0, 0.1) is 5.82 Å². The second-order valence-electron chi connectivity index (χ2n) is 6.48. The zero-order chi connectivity index (χ0) is 16.7. The molecule has 0 aliphatic carbocycles. The number of fused-ring (bicyclic) bond motifs is 1. The lowest BCUT2D eigenvalue weighted by Gasteiger charge is -2.36. The van der Waals surface area contributed by atoms with Crippen molar-refractivity contribution in [1.82, 2.24) is 4.90 Å². The molecular weight excluding hydrogens is 329 g/mol. The summed E-state index contributed by atoms with van der Waals surface area (Å²) in [5, 5.41) is 11.1. The summed E-state index contributed by atoms with van der Waals surface area (Å²) in [5.74, 6) is 0.293. The minimum atomic E-state index is -0.558. The number of hydrogen-bond donors (Lipinski definition) is 1. The van der Waals surface area contributed by atoms with Crippen LogP contribution in [0.25, 0.3) is 11.1 Å². The standard InChI is InChI=1S/C19H19ClFNO2/c20-14-7-13(8-15(21)10-14)12-3-4-16-18(9-12)24-11-17(19(16)23)22-5-1-2-6-22/h3-4,7-10,17,19,23H,1-2,5-6,11H2/t17-,19-/m1/s1. The Labute approximate surface area is 145 Å². The summed E-state index contributed by atoms with van der Waals surface area (Å²) in [5.41, 5.74) is 2.31. The summed E-state index contributed by atoms with van der Waals surface area (Å²) >= 11 is 5.94. The van der Waals surface area contributed by atoms with E-state index in [1.807, 2.05) is 18.2 Å². The number of likely N-dealkylation sites (tertiary alicyclic amines) is 1. The summed E-state index contributed by atoms with van der Waals surface area (Å²) in [7, 11) is 0. The average molecular weight is 348 g/mol. The highest BCUT2D eigenvalue weighted by Crippen LogP contribution is 2.38. The van der Waals surface area contributed by atoms with Crippen molar-refractivity contribution in [2.45, 2.75) is 25.0 Å². The number of aliphatic hydroxyl groups is 1. The molecule has 1 saturated heterocycles. The Kier molecular flexibility index (Phi) is 4.21. The molecule has 4 rings (SSSR count).